The molecule has 0 aliphatic carbocycles. The summed E-state index contributed by atoms with van der Waals surface area (Å²) < 4.78 is 13.6. The number of nitro benzene ring substituents is 1. The number of benzene rings is 1. The zero-order valence-electron chi connectivity index (χ0n) is 20.5. The number of non-ortho nitro benzene ring substituents is 1. The summed E-state index contributed by atoms with van der Waals surface area (Å²) in [4.78, 5) is 18.0. The fraction of sp³-hybridized carbons (Fsp3) is 0.385. The average Bonchev–Trinajstić information content (AvgIpc) is 3.58. The normalized spacial score (nSPS) is 21.6. The smallest absolute Gasteiger partial charge is 0.271 e. The van der Waals surface area contributed by atoms with Crippen molar-refractivity contribution in [2.75, 3.05) is 20.3 Å². The molecule has 10 heteroatoms. The van der Waals surface area contributed by atoms with Crippen molar-refractivity contribution >= 4 is 23.0 Å². The van der Waals surface area contributed by atoms with Gasteiger partial charge in [-0.3, -0.25) is 15.1 Å². The van der Waals surface area contributed by atoms with Crippen molar-refractivity contribution in [3.05, 3.63) is 81.4 Å². The van der Waals surface area contributed by atoms with Crippen LogP contribution in [0.15, 0.2) is 48.7 Å². The number of methoxy groups -OCH3 is 1. The molecule has 9 nitrogen and oxygen atoms in total. The molecule has 0 spiro atoms. The zero-order chi connectivity index (χ0) is 25.4. The third-order valence-corrected chi connectivity index (χ3v) is 7.38. The van der Waals surface area contributed by atoms with Crippen LogP contribution < -0.4 is 10.1 Å². The van der Waals surface area contributed by atoms with Gasteiger partial charge in [0, 0.05) is 42.9 Å². The molecule has 3 atom stereocenters. The maximum absolute atomic E-state index is 11.5. The predicted molar refractivity (Wildman–Crippen MR) is 140 cm³/mol. The van der Waals surface area contributed by atoms with E-state index in [0.29, 0.717) is 23.1 Å². The fourth-order valence-corrected chi connectivity index (χ4v) is 5.69. The Morgan fingerprint density at radius 2 is 2.11 bits per heavy atom. The molecule has 2 aromatic heterocycles. The van der Waals surface area contributed by atoms with Crippen molar-refractivity contribution in [2.24, 2.45) is 0 Å². The summed E-state index contributed by atoms with van der Waals surface area (Å²) in [6.45, 7) is 5.48. The monoisotopic (exact) mass is 507 g/mol. The van der Waals surface area contributed by atoms with Crippen molar-refractivity contribution in [2.45, 2.75) is 44.9 Å². The maximum atomic E-state index is 11.5. The first-order valence-corrected chi connectivity index (χ1v) is 12.4. The number of nitrogens with one attached hydrogen (secondary N) is 1. The van der Waals surface area contributed by atoms with E-state index in [1.807, 2.05) is 36.6 Å². The van der Waals surface area contributed by atoms with Crippen LogP contribution in [0, 0.1) is 24.0 Å². The number of aryl methyl sites for hydroxylation is 1. The zero-order valence-corrected chi connectivity index (χ0v) is 21.3. The Hall–Kier alpha value is -3.50. The number of ether oxygens (including phenoxy) is 2. The lowest BCUT2D eigenvalue weighted by Crippen LogP contribution is -2.36. The van der Waals surface area contributed by atoms with Gasteiger partial charge in [-0.05, 0) is 68.7 Å². The molecule has 2 saturated heterocycles. The van der Waals surface area contributed by atoms with Crippen molar-refractivity contribution in [3.8, 4) is 11.4 Å². The lowest BCUT2D eigenvalue weighted by Gasteiger charge is -2.30. The second-order valence-electron chi connectivity index (χ2n) is 9.19. The summed E-state index contributed by atoms with van der Waals surface area (Å²) in [5.41, 5.74) is 4.51. The van der Waals surface area contributed by atoms with Gasteiger partial charge in [0.15, 0.2) is 5.11 Å². The molecule has 1 aromatic carbocycles. The van der Waals surface area contributed by atoms with E-state index in [-0.39, 0.29) is 23.9 Å². The van der Waals surface area contributed by atoms with Gasteiger partial charge < -0.3 is 24.3 Å². The Morgan fingerprint density at radius 1 is 1.28 bits per heavy atom. The molecular weight excluding hydrogens is 478 g/mol. The molecule has 0 saturated carbocycles. The molecular formula is C26H29N5O4S. The van der Waals surface area contributed by atoms with Crippen LogP contribution in [0.3, 0.4) is 0 Å². The van der Waals surface area contributed by atoms with Crippen LogP contribution in [0.2, 0.25) is 0 Å². The largest absolute Gasteiger partial charge is 0.495 e. The van der Waals surface area contributed by atoms with E-state index in [1.54, 1.807) is 25.4 Å². The van der Waals surface area contributed by atoms with Crippen molar-refractivity contribution < 1.29 is 14.4 Å². The second kappa shape index (κ2) is 9.87. The Balaban J connectivity index is 1.63. The number of aromatic nitrogens is 2. The molecule has 0 unspecified atom stereocenters. The number of hydrogen-bond acceptors (Lipinski definition) is 6. The molecule has 0 radical (unpaired) electrons. The molecule has 0 amide bonds. The molecule has 188 valence electrons. The molecule has 2 aliphatic heterocycles. The van der Waals surface area contributed by atoms with Crippen molar-refractivity contribution in [1.29, 1.82) is 0 Å². The van der Waals surface area contributed by atoms with E-state index in [0.717, 1.165) is 42.1 Å². The molecule has 2 aliphatic rings. The Kier molecular flexibility index (Phi) is 6.63. The lowest BCUT2D eigenvalue weighted by molar-refractivity contribution is -0.384. The maximum Gasteiger partial charge on any atom is 0.271 e. The highest BCUT2D eigenvalue weighted by Crippen LogP contribution is 2.42. The number of pyridine rings is 1. The standard InChI is InChI=1S/C26H29N5O4S/c1-16-13-20(17(2)30(16)22-14-18(31(32)33)9-10-23(22)34-3)25-24(21-8-4-5-11-27-21)28-26(36)29(25)15-19-7-6-12-35-19/h4-5,8-11,13-14,19,24-25H,6-7,12,15H2,1-3H3,(H,28,36)/t19-,24-,25+/m0/s1. The minimum absolute atomic E-state index is 0.00920. The Bertz CT molecular complexity index is 1290. The molecule has 3 aromatic rings. The van der Waals surface area contributed by atoms with E-state index in [1.165, 1.54) is 6.07 Å². The average molecular weight is 508 g/mol. The van der Waals surface area contributed by atoms with Gasteiger partial charge in [0.2, 0.25) is 0 Å². The van der Waals surface area contributed by atoms with Crippen LogP contribution in [0.4, 0.5) is 5.69 Å². The van der Waals surface area contributed by atoms with Gasteiger partial charge in [0.1, 0.15) is 5.75 Å². The highest BCUT2D eigenvalue weighted by atomic mass is 32.1. The summed E-state index contributed by atoms with van der Waals surface area (Å²) in [7, 11) is 1.57. The van der Waals surface area contributed by atoms with E-state index in [4.69, 9.17) is 21.7 Å². The first-order valence-electron chi connectivity index (χ1n) is 12.0. The minimum atomic E-state index is -0.391. The second-order valence-corrected chi connectivity index (χ2v) is 9.58. The quantitative estimate of drug-likeness (QED) is 0.283. The third kappa shape index (κ3) is 4.31. The van der Waals surface area contributed by atoms with E-state index in [9.17, 15) is 10.1 Å². The Morgan fingerprint density at radius 3 is 2.78 bits per heavy atom. The number of rotatable bonds is 7. The Labute approximate surface area is 215 Å². The third-order valence-electron chi connectivity index (χ3n) is 7.03. The van der Waals surface area contributed by atoms with Crippen molar-refractivity contribution in [1.82, 2.24) is 19.8 Å². The highest BCUT2D eigenvalue weighted by molar-refractivity contribution is 7.80. The summed E-state index contributed by atoms with van der Waals surface area (Å²) >= 11 is 5.82. The van der Waals surface area contributed by atoms with Crippen LogP contribution >= 0.6 is 12.2 Å². The summed E-state index contributed by atoms with van der Waals surface area (Å²) in [5.74, 6) is 0.562. The summed E-state index contributed by atoms with van der Waals surface area (Å²) in [6, 6.07) is 12.4. The molecule has 36 heavy (non-hydrogen) atoms. The van der Waals surface area contributed by atoms with Crippen LogP contribution in [0.25, 0.3) is 5.69 Å². The van der Waals surface area contributed by atoms with Gasteiger partial charge >= 0.3 is 0 Å². The summed E-state index contributed by atoms with van der Waals surface area (Å²) in [6.07, 6.45) is 3.96. The number of thiocarbonyl (C=S) groups is 1. The molecule has 2 fully saturated rings. The minimum Gasteiger partial charge on any atom is -0.495 e. The molecule has 0 bridgehead atoms. The molecule has 4 heterocycles. The van der Waals surface area contributed by atoms with Crippen molar-refractivity contribution in [3.63, 3.8) is 0 Å². The van der Waals surface area contributed by atoms with E-state index < -0.39 is 4.92 Å². The number of nitro groups is 1. The number of nitrogens with zero attached hydrogens (tertiary/aromatic N) is 4. The van der Waals surface area contributed by atoms with Crippen LogP contribution in [0.5, 0.6) is 5.75 Å². The van der Waals surface area contributed by atoms with Gasteiger partial charge in [-0.1, -0.05) is 6.07 Å². The van der Waals surface area contributed by atoms with Gasteiger partial charge in [-0.25, -0.2) is 0 Å². The first-order chi connectivity index (χ1) is 17.4. The molecule has 5 rings (SSSR count). The van der Waals surface area contributed by atoms with Gasteiger partial charge in [0.05, 0.1) is 41.6 Å². The van der Waals surface area contributed by atoms with Gasteiger partial charge in [-0.15, -0.1) is 0 Å². The summed E-state index contributed by atoms with van der Waals surface area (Å²) in [5, 5.41) is 15.7. The highest BCUT2D eigenvalue weighted by Gasteiger charge is 2.42. The predicted octanol–water partition coefficient (Wildman–Crippen LogP) is 4.56. The van der Waals surface area contributed by atoms with Crippen LogP contribution in [-0.2, 0) is 4.74 Å². The first kappa shape index (κ1) is 24.2. The SMILES string of the molecule is COc1ccc([N+](=O)[O-])cc1-n1c(C)cc([C@@H]2[C@H](c3ccccn3)NC(=S)N2C[C@@H]2CCCO2)c1C. The number of hydrogen-bond donors (Lipinski definition) is 1. The van der Waals surface area contributed by atoms with Gasteiger partial charge in [0.25, 0.3) is 5.69 Å². The van der Waals surface area contributed by atoms with Crippen LogP contribution in [0.1, 0.15) is 47.6 Å². The van der Waals surface area contributed by atoms with Gasteiger partial charge in [-0.2, -0.15) is 0 Å². The fourth-order valence-electron chi connectivity index (χ4n) is 5.37. The van der Waals surface area contributed by atoms with E-state index >= 15 is 0 Å². The molecule has 1 N–H and O–H groups in total. The lowest BCUT2D eigenvalue weighted by atomic mass is 9.96. The topological polar surface area (TPSA) is 94.7 Å². The van der Waals surface area contributed by atoms with Crippen LogP contribution in [-0.4, -0.2) is 50.9 Å². The van der Waals surface area contributed by atoms with E-state index in [2.05, 4.69) is 21.3 Å².